The second-order valence-electron chi connectivity index (χ2n) is 3.18. The molecule has 2 heterocycles. The van der Waals surface area contributed by atoms with Crippen LogP contribution in [0.15, 0.2) is 17.1 Å². The van der Waals surface area contributed by atoms with Crippen molar-refractivity contribution >= 4 is 28.6 Å². The van der Waals surface area contributed by atoms with E-state index in [1.165, 1.54) is 22.7 Å². The lowest BCUT2D eigenvalue weighted by atomic mass is 10.4. The topological polar surface area (TPSA) is 52.1 Å². The summed E-state index contributed by atoms with van der Waals surface area (Å²) in [5, 5.41) is 2.66. The van der Waals surface area contributed by atoms with Gasteiger partial charge >= 0.3 is 5.97 Å². The quantitative estimate of drug-likeness (QED) is 0.790. The van der Waals surface area contributed by atoms with Crippen LogP contribution in [0.25, 0.3) is 0 Å². The third-order valence-electron chi connectivity index (χ3n) is 2.01. The fraction of sp³-hybridized carbons (Fsp3) is 0.300. The molecule has 0 N–H and O–H groups in total. The van der Waals surface area contributed by atoms with Gasteiger partial charge in [-0.05, 0) is 13.8 Å². The molecule has 0 aliphatic carbocycles. The highest BCUT2D eigenvalue weighted by atomic mass is 32.1. The van der Waals surface area contributed by atoms with Crippen LogP contribution < -0.4 is 0 Å². The van der Waals surface area contributed by atoms with E-state index in [4.69, 9.17) is 4.74 Å². The Hall–Kier alpha value is -1.27. The van der Waals surface area contributed by atoms with Crippen LogP contribution in [0, 0.1) is 6.92 Å². The lowest BCUT2D eigenvalue weighted by Gasteiger charge is -2.09. The van der Waals surface area contributed by atoms with E-state index in [-0.39, 0.29) is 12.1 Å². The van der Waals surface area contributed by atoms with Crippen molar-refractivity contribution in [3.63, 3.8) is 0 Å². The molecule has 2 aromatic heterocycles. The van der Waals surface area contributed by atoms with Crippen LogP contribution in [0.5, 0.6) is 0 Å². The molecule has 0 aliphatic rings. The molecule has 16 heavy (non-hydrogen) atoms. The monoisotopic (exact) mass is 254 g/mol. The molecular formula is C10H10N2O2S2. The highest BCUT2D eigenvalue weighted by molar-refractivity contribution is 7.11. The average molecular weight is 254 g/mol. The van der Waals surface area contributed by atoms with Gasteiger partial charge in [-0.15, -0.1) is 22.7 Å². The summed E-state index contributed by atoms with van der Waals surface area (Å²) in [6.07, 6.45) is 1.39. The molecule has 0 aromatic carbocycles. The molecule has 2 aromatic rings. The van der Waals surface area contributed by atoms with Gasteiger partial charge in [0.1, 0.15) is 9.88 Å². The van der Waals surface area contributed by atoms with Gasteiger partial charge in [0.05, 0.1) is 11.2 Å². The molecule has 0 unspecified atom stereocenters. The van der Waals surface area contributed by atoms with Gasteiger partial charge in [-0.25, -0.2) is 14.8 Å². The summed E-state index contributed by atoms with van der Waals surface area (Å²) in [4.78, 5) is 20.4. The Balaban J connectivity index is 2.06. The smallest absolute Gasteiger partial charge is 0.350 e. The Morgan fingerprint density at radius 1 is 1.44 bits per heavy atom. The molecule has 1 atom stereocenters. The molecule has 0 bridgehead atoms. The number of hydrogen-bond donors (Lipinski definition) is 0. The zero-order valence-corrected chi connectivity index (χ0v) is 10.5. The second kappa shape index (κ2) is 4.71. The van der Waals surface area contributed by atoms with Crippen LogP contribution in [0.3, 0.4) is 0 Å². The summed E-state index contributed by atoms with van der Waals surface area (Å²) in [5.74, 6) is -0.331. The average Bonchev–Trinajstić information content (AvgIpc) is 2.86. The van der Waals surface area contributed by atoms with Crippen LogP contribution in [0.2, 0.25) is 0 Å². The predicted octanol–water partition coefficient (Wildman–Crippen LogP) is 2.83. The summed E-state index contributed by atoms with van der Waals surface area (Å²) >= 11 is 2.77. The first-order chi connectivity index (χ1) is 7.68. The Morgan fingerprint density at radius 3 is 2.81 bits per heavy atom. The van der Waals surface area contributed by atoms with Gasteiger partial charge < -0.3 is 4.74 Å². The molecule has 0 fully saturated rings. The normalized spacial score (nSPS) is 12.4. The maximum Gasteiger partial charge on any atom is 0.350 e. The highest BCUT2D eigenvalue weighted by Crippen LogP contribution is 2.22. The number of hydrogen-bond acceptors (Lipinski definition) is 6. The first-order valence-electron chi connectivity index (χ1n) is 4.69. The lowest BCUT2D eigenvalue weighted by molar-refractivity contribution is 0.0342. The van der Waals surface area contributed by atoms with Crippen LogP contribution in [0.1, 0.15) is 33.4 Å². The van der Waals surface area contributed by atoms with E-state index in [1.807, 2.05) is 12.3 Å². The van der Waals surface area contributed by atoms with E-state index in [0.29, 0.717) is 10.6 Å². The van der Waals surface area contributed by atoms with Gasteiger partial charge in [0, 0.05) is 11.6 Å². The number of ether oxygens (including phenoxy) is 1. The van der Waals surface area contributed by atoms with Crippen molar-refractivity contribution in [2.75, 3.05) is 0 Å². The van der Waals surface area contributed by atoms with Gasteiger partial charge in [-0.1, -0.05) is 0 Å². The van der Waals surface area contributed by atoms with Crippen molar-refractivity contribution < 1.29 is 9.53 Å². The summed E-state index contributed by atoms with van der Waals surface area (Å²) in [6.45, 7) is 3.61. The van der Waals surface area contributed by atoms with Crippen molar-refractivity contribution in [1.82, 2.24) is 9.97 Å². The van der Waals surface area contributed by atoms with E-state index in [1.54, 1.807) is 18.6 Å². The van der Waals surface area contributed by atoms with Crippen LogP contribution in [-0.4, -0.2) is 15.9 Å². The van der Waals surface area contributed by atoms with Gasteiger partial charge in [0.2, 0.25) is 0 Å². The van der Waals surface area contributed by atoms with Gasteiger partial charge in [0.25, 0.3) is 0 Å². The van der Waals surface area contributed by atoms with Crippen molar-refractivity contribution in [2.24, 2.45) is 0 Å². The van der Waals surface area contributed by atoms with Crippen LogP contribution in [0.4, 0.5) is 0 Å². The van der Waals surface area contributed by atoms with Crippen LogP contribution in [-0.2, 0) is 4.74 Å². The highest BCUT2D eigenvalue weighted by Gasteiger charge is 2.18. The molecule has 0 radical (unpaired) electrons. The molecular weight excluding hydrogens is 244 g/mol. The van der Waals surface area contributed by atoms with E-state index >= 15 is 0 Å². The van der Waals surface area contributed by atoms with E-state index in [2.05, 4.69) is 9.97 Å². The molecule has 0 aliphatic heterocycles. The van der Waals surface area contributed by atoms with Gasteiger partial charge in [0.15, 0.2) is 6.10 Å². The van der Waals surface area contributed by atoms with Gasteiger partial charge in [-0.2, -0.15) is 0 Å². The number of rotatable bonds is 3. The fourth-order valence-corrected chi connectivity index (χ4v) is 2.50. The minimum absolute atomic E-state index is 0.311. The summed E-state index contributed by atoms with van der Waals surface area (Å²) in [5.41, 5.74) is 2.35. The van der Waals surface area contributed by atoms with Crippen molar-refractivity contribution in [1.29, 1.82) is 0 Å². The number of thiazole rings is 2. The number of esters is 1. The maximum absolute atomic E-state index is 11.8. The van der Waals surface area contributed by atoms with E-state index < -0.39 is 0 Å². The van der Waals surface area contributed by atoms with E-state index in [0.717, 1.165) is 5.01 Å². The molecule has 0 spiro atoms. The number of nitrogens with zero attached hydrogens (tertiary/aromatic N) is 2. The zero-order valence-electron chi connectivity index (χ0n) is 8.84. The first kappa shape index (κ1) is 11.2. The molecule has 0 saturated heterocycles. The Morgan fingerprint density at radius 2 is 2.25 bits per heavy atom. The zero-order chi connectivity index (χ0) is 11.5. The van der Waals surface area contributed by atoms with Crippen molar-refractivity contribution in [3.05, 3.63) is 32.7 Å². The number of aromatic nitrogens is 2. The lowest BCUT2D eigenvalue weighted by Crippen LogP contribution is -2.08. The predicted molar refractivity (Wildman–Crippen MR) is 62.8 cm³/mol. The number of carbonyl (C=O) groups is 1. The Kier molecular flexibility index (Phi) is 3.31. The SMILES string of the molecule is Cc1ncsc1C(=O)O[C@@H](C)c1nccs1. The first-order valence-corrected chi connectivity index (χ1v) is 6.45. The van der Waals surface area contributed by atoms with Crippen molar-refractivity contribution in [3.8, 4) is 0 Å². The molecule has 2 rings (SSSR count). The minimum Gasteiger partial charge on any atom is -0.451 e. The molecule has 6 heteroatoms. The maximum atomic E-state index is 11.8. The van der Waals surface area contributed by atoms with Crippen molar-refractivity contribution in [2.45, 2.75) is 20.0 Å². The molecule has 84 valence electrons. The largest absolute Gasteiger partial charge is 0.451 e. The second-order valence-corrected chi connectivity index (χ2v) is 4.97. The number of aryl methyl sites for hydroxylation is 1. The summed E-state index contributed by atoms with van der Waals surface area (Å²) in [6, 6.07) is 0. The third kappa shape index (κ3) is 2.28. The molecule has 0 saturated carbocycles. The number of carbonyl (C=O) groups excluding carboxylic acids is 1. The minimum atomic E-state index is -0.331. The Bertz CT molecular complexity index is 479. The van der Waals surface area contributed by atoms with E-state index in [9.17, 15) is 4.79 Å². The Labute approximate surface area is 101 Å². The molecule has 4 nitrogen and oxygen atoms in total. The summed E-state index contributed by atoms with van der Waals surface area (Å²) < 4.78 is 5.30. The molecule has 0 amide bonds. The third-order valence-corrected chi connectivity index (χ3v) is 3.86. The standard InChI is InChI=1S/C10H10N2O2S2/c1-6-8(16-5-12-6)10(13)14-7(2)9-11-3-4-15-9/h3-5,7H,1-2H3/t7-/m0/s1. The van der Waals surface area contributed by atoms with Crippen LogP contribution >= 0.6 is 22.7 Å². The summed E-state index contributed by atoms with van der Waals surface area (Å²) in [7, 11) is 0. The fourth-order valence-electron chi connectivity index (χ4n) is 1.20. The van der Waals surface area contributed by atoms with Gasteiger partial charge in [-0.3, -0.25) is 0 Å².